The fraction of sp³-hybridized carbons (Fsp3) is 0.0909. The van der Waals surface area contributed by atoms with Crippen LogP contribution in [-0.4, -0.2) is 15.7 Å². The second-order valence-electron chi connectivity index (χ2n) is 3.19. The summed E-state index contributed by atoms with van der Waals surface area (Å²) in [4.78, 5) is 10.7. The molecule has 0 unspecified atom stereocenters. The van der Waals surface area contributed by atoms with Gasteiger partial charge in [0.25, 0.3) is 0 Å². The van der Waals surface area contributed by atoms with Crippen molar-refractivity contribution in [2.75, 3.05) is 0 Å². The first-order chi connectivity index (χ1) is 7.18. The summed E-state index contributed by atoms with van der Waals surface area (Å²) < 4.78 is 1.30. The fourth-order valence-corrected chi connectivity index (χ4v) is 1.41. The number of carbonyl (C=O) groups excluding carboxylic acids is 1. The van der Waals surface area contributed by atoms with Crippen LogP contribution in [0.15, 0.2) is 36.4 Å². The molecule has 1 aromatic carbocycles. The Bertz CT molecular complexity index is 489. The Morgan fingerprint density at radius 1 is 1.33 bits per heavy atom. The van der Waals surface area contributed by atoms with Crippen LogP contribution in [0.4, 0.5) is 0 Å². The lowest BCUT2D eigenvalue weighted by Gasteiger charge is -1.99. The van der Waals surface area contributed by atoms with Gasteiger partial charge in [-0.1, -0.05) is 30.3 Å². The van der Waals surface area contributed by atoms with Crippen LogP contribution in [0.3, 0.4) is 0 Å². The zero-order valence-electron chi connectivity index (χ0n) is 8.18. The van der Waals surface area contributed by atoms with Crippen LogP contribution < -0.4 is 5.11 Å². The summed E-state index contributed by atoms with van der Waals surface area (Å²) in [5, 5.41) is 14.8. The molecule has 0 radical (unpaired) electrons. The van der Waals surface area contributed by atoms with Gasteiger partial charge in [-0.3, -0.25) is 4.68 Å². The number of nitrogens with zero attached hydrogens (tertiary/aromatic N) is 2. The van der Waals surface area contributed by atoms with Gasteiger partial charge in [-0.05, 0) is 6.07 Å². The molecular weight excluding hydrogens is 192 g/mol. The highest BCUT2D eigenvalue weighted by atomic mass is 16.4. The molecule has 0 spiro atoms. The van der Waals surface area contributed by atoms with Gasteiger partial charge in [-0.2, -0.15) is 5.10 Å². The monoisotopic (exact) mass is 201 g/mol. The summed E-state index contributed by atoms with van der Waals surface area (Å²) in [6.45, 7) is 0. The van der Waals surface area contributed by atoms with Crippen molar-refractivity contribution in [2.24, 2.45) is 7.05 Å². The van der Waals surface area contributed by atoms with Crippen molar-refractivity contribution in [3.05, 3.63) is 42.1 Å². The number of carboxylic acid groups (broad SMARTS) is 1. The molecule has 2 aromatic rings. The first kappa shape index (κ1) is 9.45. The maximum atomic E-state index is 10.7. The summed E-state index contributed by atoms with van der Waals surface area (Å²) in [6.07, 6.45) is 0. The van der Waals surface area contributed by atoms with Gasteiger partial charge in [-0.15, -0.1) is 0 Å². The molecule has 1 heterocycles. The molecule has 2 rings (SSSR count). The molecule has 0 aliphatic carbocycles. The fourth-order valence-electron chi connectivity index (χ4n) is 1.41. The lowest BCUT2D eigenvalue weighted by molar-refractivity contribution is -0.255. The summed E-state index contributed by atoms with van der Waals surface area (Å²) in [6, 6.07) is 10.9. The van der Waals surface area contributed by atoms with Gasteiger partial charge in [-0.25, -0.2) is 0 Å². The summed E-state index contributed by atoms with van der Waals surface area (Å²) in [7, 11) is 1.58. The van der Waals surface area contributed by atoms with Gasteiger partial charge in [0.15, 0.2) is 0 Å². The Balaban J connectivity index is 2.48. The van der Waals surface area contributed by atoms with E-state index in [4.69, 9.17) is 0 Å². The maximum absolute atomic E-state index is 10.7. The van der Waals surface area contributed by atoms with Crippen molar-refractivity contribution in [3.8, 4) is 11.3 Å². The second-order valence-corrected chi connectivity index (χ2v) is 3.19. The minimum atomic E-state index is -1.22. The first-order valence-electron chi connectivity index (χ1n) is 4.49. The van der Waals surface area contributed by atoms with Gasteiger partial charge in [0, 0.05) is 12.6 Å². The highest BCUT2D eigenvalue weighted by Crippen LogP contribution is 2.17. The lowest BCUT2D eigenvalue weighted by atomic mass is 10.1. The number of aryl methyl sites for hydroxylation is 1. The third-order valence-corrected chi connectivity index (χ3v) is 2.16. The molecule has 4 nitrogen and oxygen atoms in total. The van der Waals surface area contributed by atoms with Gasteiger partial charge in [0.2, 0.25) is 0 Å². The van der Waals surface area contributed by atoms with Crippen LogP contribution in [0.5, 0.6) is 0 Å². The normalized spacial score (nSPS) is 10.2. The Morgan fingerprint density at radius 3 is 2.53 bits per heavy atom. The zero-order valence-corrected chi connectivity index (χ0v) is 8.18. The van der Waals surface area contributed by atoms with Crippen LogP contribution in [0.25, 0.3) is 11.3 Å². The van der Waals surface area contributed by atoms with Gasteiger partial charge in [0.1, 0.15) is 0 Å². The Labute approximate surface area is 86.8 Å². The smallest absolute Gasteiger partial charge is 0.0930 e. The molecular formula is C11H9N2O2-. The third-order valence-electron chi connectivity index (χ3n) is 2.16. The minimum Gasteiger partial charge on any atom is -0.543 e. The SMILES string of the molecule is Cn1nc(-c2ccccc2)cc1C(=O)[O-]. The van der Waals surface area contributed by atoms with Crippen molar-refractivity contribution in [1.29, 1.82) is 0 Å². The van der Waals surface area contributed by atoms with E-state index in [1.807, 2.05) is 30.3 Å². The summed E-state index contributed by atoms with van der Waals surface area (Å²) in [5.74, 6) is -1.22. The van der Waals surface area contributed by atoms with E-state index in [9.17, 15) is 9.90 Å². The Morgan fingerprint density at radius 2 is 2.00 bits per heavy atom. The lowest BCUT2D eigenvalue weighted by Crippen LogP contribution is -2.24. The van der Waals surface area contributed by atoms with Gasteiger partial charge < -0.3 is 9.90 Å². The van der Waals surface area contributed by atoms with Crippen molar-refractivity contribution in [2.45, 2.75) is 0 Å². The average Bonchev–Trinajstić information content (AvgIpc) is 2.62. The van der Waals surface area contributed by atoms with E-state index in [0.29, 0.717) is 5.69 Å². The standard InChI is InChI=1S/C11H10N2O2/c1-13-10(11(14)15)7-9(12-13)8-5-3-2-4-6-8/h2-7H,1H3,(H,14,15)/p-1. The molecule has 0 fully saturated rings. The molecule has 1 aromatic heterocycles. The van der Waals surface area contributed by atoms with E-state index in [1.54, 1.807) is 7.05 Å². The van der Waals surface area contributed by atoms with Crippen LogP contribution in [0, 0.1) is 0 Å². The molecule has 0 saturated carbocycles. The molecule has 0 N–H and O–H groups in total. The van der Waals surface area contributed by atoms with Crippen LogP contribution in [0.1, 0.15) is 10.5 Å². The predicted octanol–water partition coefficient (Wildman–Crippen LogP) is 0.451. The maximum Gasteiger partial charge on any atom is 0.0930 e. The summed E-state index contributed by atoms with van der Waals surface area (Å²) >= 11 is 0. The number of benzene rings is 1. The predicted molar refractivity (Wildman–Crippen MR) is 53.0 cm³/mol. The Kier molecular flexibility index (Phi) is 2.25. The summed E-state index contributed by atoms with van der Waals surface area (Å²) in [5.41, 5.74) is 1.60. The highest BCUT2D eigenvalue weighted by molar-refractivity contribution is 5.85. The Hall–Kier alpha value is -2.10. The van der Waals surface area contributed by atoms with E-state index in [1.165, 1.54) is 10.7 Å². The number of hydrogen-bond acceptors (Lipinski definition) is 3. The van der Waals surface area contributed by atoms with Crippen molar-refractivity contribution >= 4 is 5.97 Å². The average molecular weight is 201 g/mol. The molecule has 0 amide bonds. The number of hydrogen-bond donors (Lipinski definition) is 0. The van der Waals surface area contributed by atoms with Gasteiger partial charge in [0.05, 0.1) is 17.4 Å². The molecule has 76 valence electrons. The number of carboxylic acids is 1. The van der Waals surface area contributed by atoms with E-state index in [0.717, 1.165) is 5.56 Å². The van der Waals surface area contributed by atoms with Crippen LogP contribution in [-0.2, 0) is 7.05 Å². The van der Waals surface area contributed by atoms with Crippen LogP contribution >= 0.6 is 0 Å². The molecule has 0 saturated heterocycles. The second kappa shape index (κ2) is 3.57. The van der Waals surface area contributed by atoms with Crippen molar-refractivity contribution < 1.29 is 9.90 Å². The van der Waals surface area contributed by atoms with E-state index in [-0.39, 0.29) is 5.69 Å². The topological polar surface area (TPSA) is 58.0 Å². The molecule has 4 heteroatoms. The van der Waals surface area contributed by atoms with Crippen molar-refractivity contribution in [3.63, 3.8) is 0 Å². The largest absolute Gasteiger partial charge is 0.543 e. The third kappa shape index (κ3) is 1.74. The number of rotatable bonds is 2. The van der Waals surface area contributed by atoms with E-state index >= 15 is 0 Å². The van der Waals surface area contributed by atoms with Gasteiger partial charge >= 0.3 is 0 Å². The number of aromatic nitrogens is 2. The zero-order chi connectivity index (χ0) is 10.8. The molecule has 0 bridgehead atoms. The molecule has 0 aliphatic rings. The molecule has 15 heavy (non-hydrogen) atoms. The molecule has 0 aliphatic heterocycles. The number of carbonyl (C=O) groups is 1. The van der Waals surface area contributed by atoms with E-state index in [2.05, 4.69) is 5.10 Å². The molecule has 0 atom stereocenters. The minimum absolute atomic E-state index is 0.0776. The quantitative estimate of drug-likeness (QED) is 0.708. The van der Waals surface area contributed by atoms with Crippen molar-refractivity contribution in [1.82, 2.24) is 9.78 Å². The van der Waals surface area contributed by atoms with E-state index < -0.39 is 5.97 Å². The first-order valence-corrected chi connectivity index (χ1v) is 4.49. The van der Waals surface area contributed by atoms with Crippen LogP contribution in [0.2, 0.25) is 0 Å². The number of aromatic carboxylic acids is 1. The highest BCUT2D eigenvalue weighted by Gasteiger charge is 2.06.